The Kier molecular flexibility index (Phi) is 6.67. The van der Waals surface area contributed by atoms with E-state index in [2.05, 4.69) is 36.3 Å². The van der Waals surface area contributed by atoms with Gasteiger partial charge >= 0.3 is 6.01 Å². The van der Waals surface area contributed by atoms with Gasteiger partial charge in [-0.2, -0.15) is 0 Å². The number of hydrogen-bond acceptors (Lipinski definition) is 6. The van der Waals surface area contributed by atoms with Crippen LogP contribution in [0.25, 0.3) is 0 Å². The second-order valence-corrected chi connectivity index (χ2v) is 4.71. The number of nitrogens with zero attached hydrogens (tertiary/aromatic N) is 3. The molecule has 0 aliphatic rings. The highest BCUT2D eigenvalue weighted by Gasteiger charge is 2.13. The van der Waals surface area contributed by atoms with E-state index < -0.39 is 0 Å². The minimum absolute atomic E-state index is 0.0866. The summed E-state index contributed by atoms with van der Waals surface area (Å²) in [6.45, 7) is 9.30. The monoisotopic (exact) mass is 256 g/mol. The van der Waals surface area contributed by atoms with Crippen LogP contribution in [0.1, 0.15) is 33.1 Å². The Morgan fingerprint density at radius 2 is 2.11 bits per heavy atom. The maximum atomic E-state index is 8.99. The lowest BCUT2D eigenvalue weighted by molar-refractivity contribution is 0.298. The normalized spacial score (nSPS) is 11.2. The summed E-state index contributed by atoms with van der Waals surface area (Å²) >= 11 is 0. The van der Waals surface area contributed by atoms with Crippen molar-refractivity contribution in [2.24, 2.45) is 5.92 Å². The van der Waals surface area contributed by atoms with E-state index in [1.807, 2.05) is 4.90 Å². The van der Waals surface area contributed by atoms with Crippen LogP contribution in [0.3, 0.4) is 0 Å². The Labute approximate surface area is 108 Å². The maximum Gasteiger partial charge on any atom is 0.318 e. The number of aromatic nitrogens is 2. The van der Waals surface area contributed by atoms with E-state index in [0.29, 0.717) is 30.9 Å². The van der Waals surface area contributed by atoms with Crippen LogP contribution in [0.2, 0.25) is 0 Å². The summed E-state index contributed by atoms with van der Waals surface area (Å²) in [5.41, 5.74) is 0. The Hall–Kier alpha value is -1.14. The Morgan fingerprint density at radius 3 is 2.72 bits per heavy atom. The molecule has 1 rings (SSSR count). The van der Waals surface area contributed by atoms with Gasteiger partial charge in [-0.1, -0.05) is 25.9 Å². The van der Waals surface area contributed by atoms with Crippen molar-refractivity contribution in [3.63, 3.8) is 0 Å². The molecule has 0 aromatic carbocycles. The molecule has 0 radical (unpaired) electrons. The van der Waals surface area contributed by atoms with Crippen molar-refractivity contribution in [1.29, 1.82) is 0 Å². The van der Waals surface area contributed by atoms with Gasteiger partial charge in [-0.3, -0.25) is 0 Å². The molecule has 0 saturated carbocycles. The number of nitrogens with one attached hydrogen (secondary N) is 1. The summed E-state index contributed by atoms with van der Waals surface area (Å²) in [6.07, 6.45) is 0.976. The number of anilines is 1. The van der Waals surface area contributed by atoms with Gasteiger partial charge in [-0.15, -0.1) is 5.10 Å². The van der Waals surface area contributed by atoms with Crippen molar-refractivity contribution in [2.75, 3.05) is 31.1 Å². The van der Waals surface area contributed by atoms with Gasteiger partial charge in [-0.05, 0) is 18.9 Å². The topological polar surface area (TPSA) is 74.4 Å². The van der Waals surface area contributed by atoms with Gasteiger partial charge in [-0.25, -0.2) is 0 Å². The van der Waals surface area contributed by atoms with Crippen LogP contribution in [-0.4, -0.2) is 41.5 Å². The standard InChI is InChI=1S/C12H24N4O2/c1-4-5-16(6-7-17)12-15-14-11(18-12)9-13-8-10(2)3/h10,13,17H,4-9H2,1-3H3. The van der Waals surface area contributed by atoms with Crippen LogP contribution >= 0.6 is 0 Å². The average Bonchev–Trinajstić information content (AvgIpc) is 2.77. The third-order valence-corrected chi connectivity index (χ3v) is 2.42. The van der Waals surface area contributed by atoms with Gasteiger partial charge in [0.05, 0.1) is 13.2 Å². The number of aliphatic hydroxyl groups excluding tert-OH is 1. The Bertz CT molecular complexity index is 322. The van der Waals surface area contributed by atoms with Crippen LogP contribution in [-0.2, 0) is 6.54 Å². The molecule has 2 N–H and O–H groups in total. The summed E-state index contributed by atoms with van der Waals surface area (Å²) in [7, 11) is 0. The molecule has 0 amide bonds. The van der Waals surface area contributed by atoms with Gasteiger partial charge < -0.3 is 19.7 Å². The summed E-state index contributed by atoms with van der Waals surface area (Å²) in [5, 5.41) is 20.2. The molecular formula is C12H24N4O2. The average molecular weight is 256 g/mol. The second kappa shape index (κ2) is 8.05. The van der Waals surface area contributed by atoms with Crippen LogP contribution in [0.15, 0.2) is 4.42 Å². The van der Waals surface area contributed by atoms with Crippen molar-refractivity contribution in [2.45, 2.75) is 33.7 Å². The van der Waals surface area contributed by atoms with Gasteiger partial charge in [0.2, 0.25) is 5.89 Å². The lowest BCUT2D eigenvalue weighted by Crippen LogP contribution is -2.27. The lowest BCUT2D eigenvalue weighted by atomic mass is 10.2. The molecule has 0 bridgehead atoms. The van der Waals surface area contributed by atoms with Gasteiger partial charge in [0.15, 0.2) is 0 Å². The Morgan fingerprint density at radius 1 is 1.33 bits per heavy atom. The molecule has 1 aromatic rings. The molecule has 0 spiro atoms. The van der Waals surface area contributed by atoms with Crippen molar-refractivity contribution in [3.8, 4) is 0 Å². The zero-order valence-corrected chi connectivity index (χ0v) is 11.5. The highest BCUT2D eigenvalue weighted by Crippen LogP contribution is 2.12. The molecule has 6 heteroatoms. The van der Waals surface area contributed by atoms with Crippen LogP contribution in [0.5, 0.6) is 0 Å². The van der Waals surface area contributed by atoms with E-state index in [0.717, 1.165) is 19.5 Å². The first-order valence-electron chi connectivity index (χ1n) is 6.56. The molecule has 1 aromatic heterocycles. The number of rotatable bonds is 9. The van der Waals surface area contributed by atoms with Gasteiger partial charge in [0.25, 0.3) is 0 Å². The van der Waals surface area contributed by atoms with Crippen molar-refractivity contribution >= 4 is 6.01 Å². The minimum Gasteiger partial charge on any atom is -0.407 e. The number of aliphatic hydroxyl groups is 1. The molecule has 18 heavy (non-hydrogen) atoms. The predicted molar refractivity (Wildman–Crippen MR) is 70.4 cm³/mol. The van der Waals surface area contributed by atoms with Crippen molar-refractivity contribution in [3.05, 3.63) is 5.89 Å². The first-order valence-corrected chi connectivity index (χ1v) is 6.56. The van der Waals surface area contributed by atoms with E-state index in [1.54, 1.807) is 0 Å². The molecule has 0 saturated heterocycles. The third kappa shape index (κ3) is 5.01. The van der Waals surface area contributed by atoms with E-state index in [-0.39, 0.29) is 6.61 Å². The van der Waals surface area contributed by atoms with Crippen LogP contribution < -0.4 is 10.2 Å². The van der Waals surface area contributed by atoms with Gasteiger partial charge in [0.1, 0.15) is 0 Å². The Balaban J connectivity index is 2.49. The quantitative estimate of drug-likeness (QED) is 0.687. The van der Waals surface area contributed by atoms with E-state index >= 15 is 0 Å². The highest BCUT2D eigenvalue weighted by molar-refractivity contribution is 5.23. The highest BCUT2D eigenvalue weighted by atomic mass is 16.4. The molecule has 0 unspecified atom stereocenters. The fourth-order valence-electron chi connectivity index (χ4n) is 1.61. The first kappa shape index (κ1) is 14.9. The van der Waals surface area contributed by atoms with E-state index in [4.69, 9.17) is 9.52 Å². The molecule has 0 aliphatic carbocycles. The summed E-state index contributed by atoms with van der Waals surface area (Å²) < 4.78 is 5.56. The molecular weight excluding hydrogens is 232 g/mol. The van der Waals surface area contributed by atoms with Crippen LogP contribution in [0.4, 0.5) is 6.01 Å². The third-order valence-electron chi connectivity index (χ3n) is 2.42. The second-order valence-electron chi connectivity index (χ2n) is 4.71. The summed E-state index contributed by atoms with van der Waals surface area (Å²) in [5.74, 6) is 1.18. The minimum atomic E-state index is 0.0866. The maximum absolute atomic E-state index is 8.99. The summed E-state index contributed by atoms with van der Waals surface area (Å²) in [6, 6.07) is 0.493. The molecule has 0 fully saturated rings. The molecule has 0 atom stereocenters. The molecule has 104 valence electrons. The van der Waals surface area contributed by atoms with E-state index in [9.17, 15) is 0 Å². The number of hydrogen-bond donors (Lipinski definition) is 2. The smallest absolute Gasteiger partial charge is 0.318 e. The van der Waals surface area contributed by atoms with Crippen LogP contribution in [0, 0.1) is 5.92 Å². The molecule has 6 nitrogen and oxygen atoms in total. The fourth-order valence-corrected chi connectivity index (χ4v) is 1.61. The zero-order valence-electron chi connectivity index (χ0n) is 11.5. The SMILES string of the molecule is CCCN(CCO)c1nnc(CNCC(C)C)o1. The molecule has 1 heterocycles. The lowest BCUT2D eigenvalue weighted by Gasteiger charge is -2.17. The largest absolute Gasteiger partial charge is 0.407 e. The zero-order chi connectivity index (χ0) is 13.4. The van der Waals surface area contributed by atoms with Crippen molar-refractivity contribution < 1.29 is 9.52 Å². The van der Waals surface area contributed by atoms with Crippen molar-refractivity contribution in [1.82, 2.24) is 15.5 Å². The summed E-state index contributed by atoms with van der Waals surface area (Å²) in [4.78, 5) is 1.90. The first-order chi connectivity index (χ1) is 8.67. The molecule has 0 aliphatic heterocycles. The van der Waals surface area contributed by atoms with E-state index in [1.165, 1.54) is 0 Å². The van der Waals surface area contributed by atoms with Gasteiger partial charge in [0, 0.05) is 13.1 Å². The fraction of sp³-hybridized carbons (Fsp3) is 0.833. The predicted octanol–water partition coefficient (Wildman–Crippen LogP) is 1.02.